The molecule has 0 radical (unpaired) electrons. The number of benzene rings is 2. The first-order chi connectivity index (χ1) is 16.1. The van der Waals surface area contributed by atoms with E-state index in [1.807, 2.05) is 0 Å². The first-order valence-corrected chi connectivity index (χ1v) is 12.7. The zero-order chi connectivity index (χ0) is 24.7. The van der Waals surface area contributed by atoms with Gasteiger partial charge >= 0.3 is 5.97 Å². The molecule has 2 unspecified atom stereocenters. The topological polar surface area (TPSA) is 46.1 Å². The molecule has 2 bridgehead atoms. The molecular weight excluding hydrogens is 420 g/mol. The monoisotopic (exact) mass is 459 g/mol. The van der Waals surface area contributed by atoms with Crippen molar-refractivity contribution in [3.05, 3.63) is 76.4 Å². The van der Waals surface area contributed by atoms with Crippen molar-refractivity contribution < 1.29 is 14.5 Å². The summed E-state index contributed by atoms with van der Waals surface area (Å²) in [6.45, 7) is 15.8. The quantitative estimate of drug-likeness (QED) is 0.420. The Labute approximate surface area is 204 Å². The van der Waals surface area contributed by atoms with Crippen molar-refractivity contribution in [1.82, 2.24) is 4.57 Å². The van der Waals surface area contributed by atoms with E-state index in [0.717, 1.165) is 17.8 Å². The molecule has 4 nitrogen and oxygen atoms in total. The molecule has 0 fully saturated rings. The predicted octanol–water partition coefficient (Wildman–Crippen LogP) is 6.94. The molecule has 1 N–H and O–H groups in total. The Kier molecular flexibility index (Phi) is 6.71. The van der Waals surface area contributed by atoms with Crippen LogP contribution in [0.25, 0.3) is 11.4 Å². The van der Waals surface area contributed by atoms with Gasteiger partial charge < -0.3 is 5.11 Å². The Hall–Kier alpha value is -2.88. The van der Waals surface area contributed by atoms with E-state index < -0.39 is 5.97 Å². The van der Waals surface area contributed by atoms with Crippen LogP contribution in [0.3, 0.4) is 0 Å². The number of para-hydroxylation sites is 2. The number of carboxylic acid groups (broad SMARTS) is 1. The number of rotatable bonds is 5. The summed E-state index contributed by atoms with van der Waals surface area (Å²) >= 11 is 0. The number of aliphatic carboxylic acids is 1. The summed E-state index contributed by atoms with van der Waals surface area (Å²) in [6.07, 6.45) is 3.92. The second kappa shape index (κ2) is 9.40. The molecule has 2 atom stereocenters. The number of fused-ring (bicyclic) bond motifs is 6. The SMILES string of the molecule is Cc1c(CCC(=O)O)[n+]2cn1-c1c(C(C)C)cccc1C(C)CC(C)c1cccc(C(C)C)c1-2. The summed E-state index contributed by atoms with van der Waals surface area (Å²) in [6, 6.07) is 13.4. The van der Waals surface area contributed by atoms with Gasteiger partial charge in [-0.1, -0.05) is 77.9 Å². The number of aromatic nitrogens is 2. The molecule has 1 aromatic heterocycles. The van der Waals surface area contributed by atoms with Crippen LogP contribution in [0.5, 0.6) is 0 Å². The molecule has 2 heterocycles. The zero-order valence-electron chi connectivity index (χ0n) is 21.7. The molecule has 180 valence electrons. The summed E-state index contributed by atoms with van der Waals surface area (Å²) in [7, 11) is 0. The molecule has 0 saturated heterocycles. The van der Waals surface area contributed by atoms with Gasteiger partial charge in [0.15, 0.2) is 5.69 Å². The van der Waals surface area contributed by atoms with E-state index in [1.165, 1.54) is 33.6 Å². The summed E-state index contributed by atoms with van der Waals surface area (Å²) < 4.78 is 4.66. The third kappa shape index (κ3) is 4.19. The third-order valence-electron chi connectivity index (χ3n) is 7.57. The predicted molar refractivity (Wildman–Crippen MR) is 138 cm³/mol. The highest BCUT2D eigenvalue weighted by Gasteiger charge is 2.33. The second-order valence-electron chi connectivity index (χ2n) is 10.7. The number of hydrogen-bond acceptors (Lipinski definition) is 1. The molecule has 0 spiro atoms. The van der Waals surface area contributed by atoms with Crippen LogP contribution >= 0.6 is 0 Å². The number of carbonyl (C=O) groups is 1. The normalized spacial score (nSPS) is 17.6. The maximum absolute atomic E-state index is 11.6. The molecule has 0 saturated carbocycles. The van der Waals surface area contributed by atoms with E-state index in [-0.39, 0.29) is 6.42 Å². The van der Waals surface area contributed by atoms with E-state index in [2.05, 4.69) is 100 Å². The maximum atomic E-state index is 11.6. The largest absolute Gasteiger partial charge is 0.481 e. The molecule has 0 amide bonds. The first kappa shape index (κ1) is 24.3. The highest BCUT2D eigenvalue weighted by atomic mass is 16.4. The van der Waals surface area contributed by atoms with Gasteiger partial charge in [0, 0.05) is 35.6 Å². The fourth-order valence-electron chi connectivity index (χ4n) is 5.76. The minimum Gasteiger partial charge on any atom is -0.481 e. The van der Waals surface area contributed by atoms with Crippen molar-refractivity contribution in [1.29, 1.82) is 0 Å². The van der Waals surface area contributed by atoms with Crippen LogP contribution in [0.4, 0.5) is 0 Å². The van der Waals surface area contributed by atoms with Gasteiger partial charge in [0.05, 0.1) is 6.42 Å². The van der Waals surface area contributed by atoms with Gasteiger partial charge in [0.25, 0.3) is 6.33 Å². The average molecular weight is 460 g/mol. The fraction of sp³-hybridized carbons (Fsp3) is 0.467. The lowest BCUT2D eigenvalue weighted by Crippen LogP contribution is -2.37. The fourth-order valence-corrected chi connectivity index (χ4v) is 5.76. The molecule has 2 aromatic carbocycles. The van der Waals surface area contributed by atoms with Gasteiger partial charge in [-0.2, -0.15) is 9.13 Å². The molecule has 3 aromatic rings. The van der Waals surface area contributed by atoms with Crippen molar-refractivity contribution in [2.75, 3.05) is 0 Å². The molecule has 1 aliphatic rings. The number of carboxylic acids is 1. The minimum absolute atomic E-state index is 0.120. The van der Waals surface area contributed by atoms with Crippen LogP contribution in [0.15, 0.2) is 42.7 Å². The van der Waals surface area contributed by atoms with Gasteiger partial charge in [0.1, 0.15) is 17.1 Å². The Bertz CT molecular complexity index is 1220. The summed E-state index contributed by atoms with van der Waals surface area (Å²) in [5.74, 6) is 0.768. The molecule has 34 heavy (non-hydrogen) atoms. The Morgan fingerprint density at radius 2 is 1.59 bits per heavy atom. The number of nitrogens with zero attached hydrogens (tertiary/aromatic N) is 2. The van der Waals surface area contributed by atoms with E-state index in [9.17, 15) is 9.90 Å². The third-order valence-corrected chi connectivity index (χ3v) is 7.57. The Balaban J connectivity index is 2.14. The smallest absolute Gasteiger partial charge is 0.303 e. The van der Waals surface area contributed by atoms with E-state index >= 15 is 0 Å². The van der Waals surface area contributed by atoms with Gasteiger partial charge in [-0.15, -0.1) is 0 Å². The van der Waals surface area contributed by atoms with Gasteiger partial charge in [-0.05, 0) is 30.1 Å². The van der Waals surface area contributed by atoms with E-state index in [1.54, 1.807) is 0 Å². The van der Waals surface area contributed by atoms with Crippen molar-refractivity contribution in [2.24, 2.45) is 0 Å². The Morgan fingerprint density at radius 1 is 1.00 bits per heavy atom. The van der Waals surface area contributed by atoms with Crippen molar-refractivity contribution in [3.8, 4) is 11.4 Å². The summed E-state index contributed by atoms with van der Waals surface area (Å²) in [4.78, 5) is 11.6. The van der Waals surface area contributed by atoms with Crippen molar-refractivity contribution >= 4 is 5.97 Å². The standard InChI is InChI=1S/C30H38N2O2/c1-18(2)23-10-8-12-25-20(5)16-21(6)26-13-9-11-24(19(3)4)30(26)32-17-31(29(23)25)22(7)27(32)14-15-28(33)34/h8-13,17-21H,14-16H2,1-7H3/p+1. The maximum Gasteiger partial charge on any atom is 0.303 e. The average Bonchev–Trinajstić information content (AvgIpc) is 3.11. The summed E-state index contributed by atoms with van der Waals surface area (Å²) in [5.41, 5.74) is 10.1. The molecule has 4 heteroatoms. The van der Waals surface area contributed by atoms with Crippen LogP contribution < -0.4 is 4.57 Å². The van der Waals surface area contributed by atoms with Crippen molar-refractivity contribution in [3.63, 3.8) is 0 Å². The van der Waals surface area contributed by atoms with Crippen LogP contribution in [-0.4, -0.2) is 15.6 Å². The zero-order valence-corrected chi connectivity index (χ0v) is 21.7. The van der Waals surface area contributed by atoms with Crippen LogP contribution in [-0.2, 0) is 11.2 Å². The highest BCUT2D eigenvalue weighted by Crippen LogP contribution is 2.40. The van der Waals surface area contributed by atoms with Crippen LogP contribution in [0.2, 0.25) is 0 Å². The lowest BCUT2D eigenvalue weighted by molar-refractivity contribution is -0.604. The highest BCUT2D eigenvalue weighted by molar-refractivity contribution is 5.67. The Morgan fingerprint density at radius 3 is 2.21 bits per heavy atom. The van der Waals surface area contributed by atoms with Crippen LogP contribution in [0, 0.1) is 6.92 Å². The van der Waals surface area contributed by atoms with E-state index in [4.69, 9.17) is 0 Å². The number of imidazole rings is 1. The second-order valence-corrected chi connectivity index (χ2v) is 10.7. The lowest BCUT2D eigenvalue weighted by Gasteiger charge is -2.25. The molecular formula is C30H39N2O2+. The van der Waals surface area contributed by atoms with Crippen molar-refractivity contribution in [2.45, 2.75) is 91.4 Å². The summed E-state index contributed by atoms with van der Waals surface area (Å²) in [5, 5.41) is 9.53. The minimum atomic E-state index is -0.759. The van der Waals surface area contributed by atoms with Gasteiger partial charge in [0.2, 0.25) is 0 Å². The van der Waals surface area contributed by atoms with Gasteiger partial charge in [-0.3, -0.25) is 4.79 Å². The van der Waals surface area contributed by atoms with Gasteiger partial charge in [-0.25, -0.2) is 0 Å². The molecule has 1 aliphatic heterocycles. The van der Waals surface area contributed by atoms with Crippen LogP contribution in [0.1, 0.15) is 112 Å². The number of hydrogen-bond donors (Lipinski definition) is 1. The lowest BCUT2D eigenvalue weighted by atomic mass is 9.82. The first-order valence-electron chi connectivity index (χ1n) is 12.7. The molecule has 4 rings (SSSR count). The molecule has 0 aliphatic carbocycles. The van der Waals surface area contributed by atoms with E-state index in [0.29, 0.717) is 30.1 Å².